The standard InChI is InChI=1S/C14H22N2O4S/c1-9(8-17)10(2)16-21(18,19)13-7-12(15)6-11-4-3-5-20-14(11)13/h6-7,9-10,16-17H,3-5,8,15H2,1-2H3. The molecule has 0 aliphatic carbocycles. The lowest BCUT2D eigenvalue weighted by atomic mass is 10.1. The number of rotatable bonds is 5. The molecule has 0 bridgehead atoms. The zero-order valence-corrected chi connectivity index (χ0v) is 13.1. The van der Waals surface area contributed by atoms with Crippen LogP contribution < -0.4 is 15.2 Å². The molecule has 0 fully saturated rings. The SMILES string of the molecule is CC(CO)C(C)NS(=O)(=O)c1cc(N)cc2c1OCCC2. The number of nitrogen functional groups attached to an aromatic ring is 1. The lowest BCUT2D eigenvalue weighted by Crippen LogP contribution is -2.38. The summed E-state index contributed by atoms with van der Waals surface area (Å²) in [7, 11) is -3.74. The second-order valence-corrected chi connectivity index (χ2v) is 7.21. The number of aliphatic hydroxyl groups excluding tert-OH is 1. The van der Waals surface area contributed by atoms with Crippen molar-refractivity contribution >= 4 is 15.7 Å². The van der Waals surface area contributed by atoms with E-state index in [0.29, 0.717) is 18.0 Å². The summed E-state index contributed by atoms with van der Waals surface area (Å²) in [5, 5.41) is 9.13. The van der Waals surface area contributed by atoms with Crippen molar-refractivity contribution in [2.45, 2.75) is 37.6 Å². The Morgan fingerprint density at radius 1 is 1.43 bits per heavy atom. The van der Waals surface area contributed by atoms with Crippen LogP contribution in [0.25, 0.3) is 0 Å². The summed E-state index contributed by atoms with van der Waals surface area (Å²) in [6.07, 6.45) is 1.60. The number of fused-ring (bicyclic) bond motifs is 1. The number of benzene rings is 1. The Morgan fingerprint density at radius 2 is 2.14 bits per heavy atom. The van der Waals surface area contributed by atoms with Crippen molar-refractivity contribution in [3.63, 3.8) is 0 Å². The highest BCUT2D eigenvalue weighted by atomic mass is 32.2. The molecule has 21 heavy (non-hydrogen) atoms. The van der Waals surface area contributed by atoms with Crippen LogP contribution in [0.15, 0.2) is 17.0 Å². The van der Waals surface area contributed by atoms with Crippen molar-refractivity contribution in [3.05, 3.63) is 17.7 Å². The van der Waals surface area contributed by atoms with Crippen molar-refractivity contribution in [3.8, 4) is 5.75 Å². The van der Waals surface area contributed by atoms with Gasteiger partial charge in [-0.05, 0) is 43.4 Å². The predicted octanol–water partition coefficient (Wildman–Crippen LogP) is 0.889. The topological polar surface area (TPSA) is 102 Å². The van der Waals surface area contributed by atoms with E-state index in [9.17, 15) is 8.42 Å². The zero-order chi connectivity index (χ0) is 15.6. The zero-order valence-electron chi connectivity index (χ0n) is 12.3. The van der Waals surface area contributed by atoms with Crippen molar-refractivity contribution in [2.75, 3.05) is 18.9 Å². The molecule has 2 rings (SSSR count). The molecule has 1 aromatic rings. The van der Waals surface area contributed by atoms with Crippen molar-refractivity contribution in [1.82, 2.24) is 4.72 Å². The monoisotopic (exact) mass is 314 g/mol. The number of sulfonamides is 1. The number of nitrogens with two attached hydrogens (primary N) is 1. The molecule has 0 radical (unpaired) electrons. The van der Waals surface area contributed by atoms with Gasteiger partial charge in [-0.25, -0.2) is 13.1 Å². The molecule has 0 aromatic heterocycles. The van der Waals surface area contributed by atoms with Crippen LogP contribution in [0, 0.1) is 5.92 Å². The van der Waals surface area contributed by atoms with Crippen LogP contribution in [0.5, 0.6) is 5.75 Å². The van der Waals surface area contributed by atoms with E-state index in [4.69, 9.17) is 15.6 Å². The Bertz CT molecular complexity index is 616. The maximum atomic E-state index is 12.6. The molecule has 2 unspecified atom stereocenters. The first kappa shape index (κ1) is 16.1. The van der Waals surface area contributed by atoms with Gasteiger partial charge in [0.15, 0.2) is 0 Å². The number of aryl methyl sites for hydroxylation is 1. The number of hydrogen-bond donors (Lipinski definition) is 3. The summed E-state index contributed by atoms with van der Waals surface area (Å²) in [6.45, 7) is 3.91. The molecule has 4 N–H and O–H groups in total. The molecule has 1 aliphatic rings. The van der Waals surface area contributed by atoms with E-state index >= 15 is 0 Å². The number of aliphatic hydroxyl groups is 1. The second kappa shape index (κ2) is 6.21. The number of anilines is 1. The molecule has 1 heterocycles. The fourth-order valence-electron chi connectivity index (χ4n) is 2.25. The minimum atomic E-state index is -3.74. The van der Waals surface area contributed by atoms with Gasteiger partial charge in [-0.15, -0.1) is 0 Å². The third kappa shape index (κ3) is 3.48. The van der Waals surface area contributed by atoms with Gasteiger partial charge in [0.1, 0.15) is 10.6 Å². The lowest BCUT2D eigenvalue weighted by molar-refractivity contribution is 0.216. The maximum Gasteiger partial charge on any atom is 0.244 e. The smallest absolute Gasteiger partial charge is 0.244 e. The molecule has 1 aromatic carbocycles. The summed E-state index contributed by atoms with van der Waals surface area (Å²) in [6, 6.07) is 2.79. The molecule has 0 spiro atoms. The average Bonchev–Trinajstić information content (AvgIpc) is 2.44. The summed E-state index contributed by atoms with van der Waals surface area (Å²) in [4.78, 5) is 0.0780. The van der Waals surface area contributed by atoms with Crippen LogP contribution in [0.1, 0.15) is 25.8 Å². The normalized spacial score (nSPS) is 17.7. The van der Waals surface area contributed by atoms with Gasteiger partial charge in [-0.1, -0.05) is 6.92 Å². The van der Waals surface area contributed by atoms with Crippen LogP contribution in [0.4, 0.5) is 5.69 Å². The Labute approximate surface area is 125 Å². The van der Waals surface area contributed by atoms with Gasteiger partial charge in [-0.3, -0.25) is 0 Å². The van der Waals surface area contributed by atoms with Gasteiger partial charge in [0, 0.05) is 18.3 Å². The summed E-state index contributed by atoms with van der Waals surface area (Å²) in [5.74, 6) is 0.212. The van der Waals surface area contributed by atoms with Crippen LogP contribution in [0.3, 0.4) is 0 Å². The molecular weight excluding hydrogens is 292 g/mol. The van der Waals surface area contributed by atoms with Gasteiger partial charge in [-0.2, -0.15) is 0 Å². The number of hydrogen-bond acceptors (Lipinski definition) is 5. The Kier molecular flexibility index (Phi) is 4.75. The van der Waals surface area contributed by atoms with Crippen LogP contribution >= 0.6 is 0 Å². The molecule has 2 atom stereocenters. The van der Waals surface area contributed by atoms with E-state index in [1.54, 1.807) is 19.9 Å². The molecule has 0 saturated carbocycles. The molecule has 0 amide bonds. The summed E-state index contributed by atoms with van der Waals surface area (Å²) >= 11 is 0. The van der Waals surface area contributed by atoms with Crippen LogP contribution in [-0.4, -0.2) is 32.8 Å². The highest BCUT2D eigenvalue weighted by Crippen LogP contribution is 2.34. The minimum Gasteiger partial charge on any atom is -0.492 e. The second-order valence-electron chi connectivity index (χ2n) is 5.53. The fourth-order valence-corrected chi connectivity index (χ4v) is 3.83. The van der Waals surface area contributed by atoms with Gasteiger partial charge in [0.25, 0.3) is 0 Å². The fraction of sp³-hybridized carbons (Fsp3) is 0.571. The molecule has 1 aliphatic heterocycles. The van der Waals surface area contributed by atoms with E-state index in [1.807, 2.05) is 0 Å². The first-order valence-corrected chi connectivity index (χ1v) is 8.52. The Balaban J connectivity index is 2.38. The number of nitrogens with one attached hydrogen (secondary N) is 1. The molecular formula is C14H22N2O4S. The number of ether oxygens (including phenoxy) is 1. The van der Waals surface area contributed by atoms with Gasteiger partial charge in [0.2, 0.25) is 10.0 Å². The third-order valence-corrected chi connectivity index (χ3v) is 5.33. The largest absolute Gasteiger partial charge is 0.492 e. The third-order valence-electron chi connectivity index (χ3n) is 3.76. The Morgan fingerprint density at radius 3 is 2.81 bits per heavy atom. The molecule has 0 saturated heterocycles. The Hall–Kier alpha value is -1.31. The van der Waals surface area contributed by atoms with E-state index in [-0.39, 0.29) is 23.5 Å². The molecule has 118 valence electrons. The predicted molar refractivity (Wildman–Crippen MR) is 80.7 cm³/mol. The summed E-state index contributed by atoms with van der Waals surface area (Å²) in [5.41, 5.74) is 7.04. The van der Waals surface area contributed by atoms with Gasteiger partial charge >= 0.3 is 0 Å². The van der Waals surface area contributed by atoms with Gasteiger partial charge < -0.3 is 15.6 Å². The quantitative estimate of drug-likeness (QED) is 0.701. The molecule has 6 nitrogen and oxygen atoms in total. The summed E-state index contributed by atoms with van der Waals surface area (Å²) < 4.78 is 33.2. The van der Waals surface area contributed by atoms with Crippen molar-refractivity contribution < 1.29 is 18.3 Å². The minimum absolute atomic E-state index is 0.0780. The highest BCUT2D eigenvalue weighted by molar-refractivity contribution is 7.89. The van der Waals surface area contributed by atoms with E-state index in [1.165, 1.54) is 6.07 Å². The van der Waals surface area contributed by atoms with Gasteiger partial charge in [0.05, 0.1) is 6.61 Å². The van der Waals surface area contributed by atoms with E-state index in [2.05, 4.69) is 4.72 Å². The highest BCUT2D eigenvalue weighted by Gasteiger charge is 2.27. The lowest BCUT2D eigenvalue weighted by Gasteiger charge is -2.23. The molecule has 7 heteroatoms. The van der Waals surface area contributed by atoms with Crippen LogP contribution in [-0.2, 0) is 16.4 Å². The first-order chi connectivity index (χ1) is 9.85. The van der Waals surface area contributed by atoms with Crippen molar-refractivity contribution in [1.29, 1.82) is 0 Å². The van der Waals surface area contributed by atoms with E-state index < -0.39 is 10.0 Å². The average molecular weight is 314 g/mol. The van der Waals surface area contributed by atoms with Crippen LogP contribution in [0.2, 0.25) is 0 Å². The first-order valence-electron chi connectivity index (χ1n) is 7.03. The maximum absolute atomic E-state index is 12.6. The van der Waals surface area contributed by atoms with E-state index in [0.717, 1.165) is 18.4 Å². The van der Waals surface area contributed by atoms with Crippen molar-refractivity contribution in [2.24, 2.45) is 5.92 Å².